The van der Waals surface area contributed by atoms with E-state index in [0.29, 0.717) is 23.9 Å². The maximum Gasteiger partial charge on any atom is 0.251 e. The Kier molecular flexibility index (Phi) is 8.70. The lowest BCUT2D eigenvalue weighted by molar-refractivity contribution is -0.130. The van der Waals surface area contributed by atoms with Crippen LogP contribution in [0.1, 0.15) is 55.0 Å². The van der Waals surface area contributed by atoms with E-state index in [9.17, 15) is 14.0 Å². The number of carbonyl (C=O) groups excluding carboxylic acids is 2. The molecule has 1 aliphatic carbocycles. The fourth-order valence-electron chi connectivity index (χ4n) is 5.39. The Balaban J connectivity index is 1.41. The molecular weight excluding hydrogens is 521 g/mol. The average molecular weight is 556 g/mol. The van der Waals surface area contributed by atoms with Crippen molar-refractivity contribution in [2.75, 3.05) is 5.32 Å². The summed E-state index contributed by atoms with van der Waals surface area (Å²) in [5.74, 6) is -0.481. The fourth-order valence-corrected chi connectivity index (χ4v) is 6.40. The molecule has 1 saturated carbocycles. The van der Waals surface area contributed by atoms with Gasteiger partial charge in [-0.3, -0.25) is 14.9 Å². The van der Waals surface area contributed by atoms with Crippen molar-refractivity contribution in [3.63, 3.8) is 0 Å². The summed E-state index contributed by atoms with van der Waals surface area (Å²) in [6.45, 7) is 1.73. The van der Waals surface area contributed by atoms with Crippen LogP contribution in [0.4, 0.5) is 9.52 Å². The van der Waals surface area contributed by atoms with Crippen molar-refractivity contribution in [1.82, 2.24) is 10.3 Å². The first kappa shape index (κ1) is 27.7. The molecule has 7 heteroatoms. The third-order valence-electron chi connectivity index (χ3n) is 7.51. The summed E-state index contributed by atoms with van der Waals surface area (Å²) >= 11 is 1.44. The van der Waals surface area contributed by atoms with Gasteiger partial charge in [0.2, 0.25) is 5.91 Å². The Morgan fingerprint density at radius 3 is 2.25 bits per heavy atom. The van der Waals surface area contributed by atoms with Gasteiger partial charge in [-0.15, -0.1) is 11.3 Å². The topological polar surface area (TPSA) is 71.1 Å². The Labute approximate surface area is 238 Å². The molecule has 0 saturated heterocycles. The van der Waals surface area contributed by atoms with E-state index >= 15 is 0 Å². The third-order valence-corrected chi connectivity index (χ3v) is 8.48. The van der Waals surface area contributed by atoms with Crippen molar-refractivity contribution < 1.29 is 14.0 Å². The molecule has 1 aromatic heterocycles. The maximum absolute atomic E-state index is 13.9. The molecule has 4 aromatic rings. The lowest BCUT2D eigenvalue weighted by atomic mass is 9.90. The van der Waals surface area contributed by atoms with Crippen LogP contribution in [0.2, 0.25) is 0 Å². The first-order valence-electron chi connectivity index (χ1n) is 13.8. The van der Waals surface area contributed by atoms with Gasteiger partial charge < -0.3 is 5.32 Å². The number of hydrogen-bond donors (Lipinski definition) is 2. The summed E-state index contributed by atoms with van der Waals surface area (Å²) in [6, 6.07) is 26.1. The van der Waals surface area contributed by atoms with Crippen LogP contribution >= 0.6 is 11.3 Å². The van der Waals surface area contributed by atoms with E-state index < -0.39 is 5.54 Å². The minimum absolute atomic E-state index is 0.138. The number of nitrogens with one attached hydrogen (secondary N) is 2. The van der Waals surface area contributed by atoms with Gasteiger partial charge >= 0.3 is 0 Å². The molecule has 0 aliphatic heterocycles. The molecule has 1 fully saturated rings. The second-order valence-corrected chi connectivity index (χ2v) is 11.9. The molecule has 5 nitrogen and oxygen atoms in total. The van der Waals surface area contributed by atoms with Gasteiger partial charge in [0.15, 0.2) is 5.13 Å². The molecule has 40 heavy (non-hydrogen) atoms. The molecule has 2 amide bonds. The number of thiazole rings is 1. The minimum atomic E-state index is -1.24. The third kappa shape index (κ3) is 7.02. The van der Waals surface area contributed by atoms with E-state index in [4.69, 9.17) is 4.98 Å². The molecule has 0 bridgehead atoms. The summed E-state index contributed by atoms with van der Waals surface area (Å²) in [6.07, 6.45) is 5.68. The molecule has 1 aliphatic rings. The number of carbonyl (C=O) groups is 2. The van der Waals surface area contributed by atoms with Crippen LogP contribution in [-0.2, 0) is 22.4 Å². The number of benzene rings is 3. The van der Waals surface area contributed by atoms with Gasteiger partial charge in [-0.05, 0) is 48.9 Å². The van der Waals surface area contributed by atoms with E-state index in [1.807, 2.05) is 48.5 Å². The van der Waals surface area contributed by atoms with Gasteiger partial charge in [0.05, 0.1) is 5.69 Å². The number of hydrogen-bond acceptors (Lipinski definition) is 4. The maximum atomic E-state index is 13.9. The van der Waals surface area contributed by atoms with Crippen LogP contribution < -0.4 is 10.6 Å². The predicted octanol–water partition coefficient (Wildman–Crippen LogP) is 7.18. The van der Waals surface area contributed by atoms with Crippen LogP contribution in [0.15, 0.2) is 84.9 Å². The zero-order valence-corrected chi connectivity index (χ0v) is 23.5. The molecule has 1 atom stereocenters. The van der Waals surface area contributed by atoms with Crippen LogP contribution in [0, 0.1) is 11.7 Å². The molecule has 2 N–H and O–H groups in total. The standard InChI is InChI=1S/C33H34FN3O2S/c1-33(22-25-16-18-27(34)19-17-25,37-29(38)21-24-12-8-9-13-24)31(39)36-32-35-30(26-14-6-3-7-15-26)28(40-32)20-23-10-4-2-5-11-23/h2-7,10-11,14-19,24H,8-9,12-13,20-22H2,1H3,(H,37,38)(H,35,36,39)/t33-/m0/s1. The number of rotatable bonds is 10. The van der Waals surface area contributed by atoms with E-state index in [-0.39, 0.29) is 24.1 Å². The van der Waals surface area contributed by atoms with Crippen LogP contribution in [0.25, 0.3) is 11.3 Å². The number of nitrogens with zero attached hydrogens (tertiary/aromatic N) is 1. The quantitative estimate of drug-likeness (QED) is 0.218. The predicted molar refractivity (Wildman–Crippen MR) is 159 cm³/mol. The number of halogens is 1. The Morgan fingerprint density at radius 2 is 1.57 bits per heavy atom. The van der Waals surface area contributed by atoms with Gasteiger partial charge in [-0.1, -0.05) is 85.6 Å². The lowest BCUT2D eigenvalue weighted by Crippen LogP contribution is -2.56. The monoisotopic (exact) mass is 555 g/mol. The smallest absolute Gasteiger partial charge is 0.251 e. The normalized spacial score (nSPS) is 14.9. The molecule has 0 radical (unpaired) electrons. The minimum Gasteiger partial charge on any atom is -0.342 e. The summed E-state index contributed by atoms with van der Waals surface area (Å²) in [5.41, 5.74) is 2.47. The lowest BCUT2D eigenvalue weighted by Gasteiger charge is -2.30. The summed E-state index contributed by atoms with van der Waals surface area (Å²) in [5, 5.41) is 6.51. The molecule has 206 valence electrons. The highest BCUT2D eigenvalue weighted by molar-refractivity contribution is 7.16. The first-order valence-corrected chi connectivity index (χ1v) is 14.7. The van der Waals surface area contributed by atoms with Crippen LogP contribution in [-0.4, -0.2) is 22.3 Å². The molecule has 5 rings (SSSR count). The molecule has 0 spiro atoms. The molecular formula is C33H34FN3O2S. The summed E-state index contributed by atoms with van der Waals surface area (Å²) < 4.78 is 13.6. The largest absolute Gasteiger partial charge is 0.342 e. The highest BCUT2D eigenvalue weighted by atomic mass is 32.1. The van der Waals surface area contributed by atoms with Crippen molar-refractivity contribution in [1.29, 1.82) is 0 Å². The Hall–Kier alpha value is -3.84. The van der Waals surface area contributed by atoms with E-state index in [1.54, 1.807) is 19.1 Å². The second-order valence-electron chi connectivity index (χ2n) is 10.8. The summed E-state index contributed by atoms with van der Waals surface area (Å²) in [4.78, 5) is 32.8. The number of anilines is 1. The van der Waals surface area contributed by atoms with Crippen molar-refractivity contribution >= 4 is 28.3 Å². The van der Waals surface area contributed by atoms with Crippen molar-refractivity contribution in [2.24, 2.45) is 5.92 Å². The highest BCUT2D eigenvalue weighted by Gasteiger charge is 2.36. The van der Waals surface area contributed by atoms with Crippen LogP contribution in [0.3, 0.4) is 0 Å². The van der Waals surface area contributed by atoms with E-state index in [1.165, 1.54) is 23.5 Å². The van der Waals surface area contributed by atoms with E-state index in [2.05, 4.69) is 22.8 Å². The van der Waals surface area contributed by atoms with E-state index in [0.717, 1.165) is 52.9 Å². The highest BCUT2D eigenvalue weighted by Crippen LogP contribution is 2.34. The summed E-state index contributed by atoms with van der Waals surface area (Å²) in [7, 11) is 0. The molecule has 1 heterocycles. The Bertz CT molecular complexity index is 1430. The molecule has 3 aromatic carbocycles. The molecule has 0 unspecified atom stereocenters. The van der Waals surface area contributed by atoms with Crippen molar-refractivity contribution in [2.45, 2.75) is 57.4 Å². The van der Waals surface area contributed by atoms with Gasteiger partial charge in [0, 0.05) is 29.7 Å². The van der Waals surface area contributed by atoms with Gasteiger partial charge in [-0.2, -0.15) is 0 Å². The first-order chi connectivity index (χ1) is 19.4. The number of amides is 2. The second kappa shape index (κ2) is 12.6. The SMILES string of the molecule is C[C@@](Cc1ccc(F)cc1)(NC(=O)CC1CCCC1)C(=O)Nc1nc(-c2ccccc2)c(Cc2ccccc2)s1. The van der Waals surface area contributed by atoms with Crippen LogP contribution in [0.5, 0.6) is 0 Å². The van der Waals surface area contributed by atoms with Gasteiger partial charge in [-0.25, -0.2) is 9.37 Å². The zero-order chi connectivity index (χ0) is 28.0. The fraction of sp³-hybridized carbons (Fsp3) is 0.303. The average Bonchev–Trinajstić information content (AvgIpc) is 3.61. The van der Waals surface area contributed by atoms with Gasteiger partial charge in [0.1, 0.15) is 11.4 Å². The van der Waals surface area contributed by atoms with Crippen molar-refractivity contribution in [3.8, 4) is 11.3 Å². The van der Waals surface area contributed by atoms with Crippen molar-refractivity contribution in [3.05, 3.63) is 107 Å². The Morgan fingerprint density at radius 1 is 0.925 bits per heavy atom. The zero-order valence-electron chi connectivity index (χ0n) is 22.7. The van der Waals surface area contributed by atoms with Gasteiger partial charge in [0.25, 0.3) is 5.91 Å². The number of aromatic nitrogens is 1.